The van der Waals surface area contributed by atoms with E-state index in [-0.39, 0.29) is 0 Å². The van der Waals surface area contributed by atoms with Crippen LogP contribution in [0.5, 0.6) is 0 Å². The highest BCUT2D eigenvalue weighted by atomic mass is 15.3. The molecule has 18 heavy (non-hydrogen) atoms. The number of nitrogens with one attached hydrogen (secondary N) is 1. The molecule has 1 aromatic heterocycles. The molecule has 3 nitrogen and oxygen atoms in total. The van der Waals surface area contributed by atoms with Crippen LogP contribution < -0.4 is 5.32 Å². The van der Waals surface area contributed by atoms with Crippen LogP contribution in [0.2, 0.25) is 0 Å². The summed E-state index contributed by atoms with van der Waals surface area (Å²) in [7, 11) is 0. The van der Waals surface area contributed by atoms with Crippen LogP contribution in [0.1, 0.15) is 57.0 Å². The first kappa shape index (κ1) is 15.2. The maximum absolute atomic E-state index is 4.64. The molecule has 1 rings (SSSR count). The van der Waals surface area contributed by atoms with Crippen molar-refractivity contribution in [3.63, 3.8) is 0 Å². The fraction of sp³-hybridized carbons (Fsp3) is 0.800. The Bertz CT molecular complexity index is 355. The Labute approximate surface area is 112 Å². The fourth-order valence-electron chi connectivity index (χ4n) is 2.50. The maximum atomic E-state index is 4.64. The van der Waals surface area contributed by atoms with Crippen molar-refractivity contribution in [3.8, 4) is 0 Å². The highest BCUT2D eigenvalue weighted by molar-refractivity contribution is 5.24. The molecule has 0 fully saturated rings. The van der Waals surface area contributed by atoms with E-state index in [1.807, 2.05) is 0 Å². The second-order valence-electron chi connectivity index (χ2n) is 5.22. The Balaban J connectivity index is 2.40. The van der Waals surface area contributed by atoms with Gasteiger partial charge in [0.1, 0.15) is 0 Å². The van der Waals surface area contributed by atoms with Crippen LogP contribution in [0.3, 0.4) is 0 Å². The largest absolute Gasteiger partial charge is 0.314 e. The number of hydrogen-bond donors (Lipinski definition) is 1. The van der Waals surface area contributed by atoms with E-state index < -0.39 is 0 Å². The zero-order valence-electron chi connectivity index (χ0n) is 12.7. The molecule has 0 saturated heterocycles. The minimum atomic E-state index is 0.618. The van der Waals surface area contributed by atoms with Crippen LogP contribution in [-0.2, 0) is 13.0 Å². The maximum Gasteiger partial charge on any atom is 0.0628 e. The molecule has 1 aromatic rings. The summed E-state index contributed by atoms with van der Waals surface area (Å²) >= 11 is 0. The Kier molecular flexibility index (Phi) is 6.41. The molecule has 0 aliphatic rings. The average molecular weight is 251 g/mol. The van der Waals surface area contributed by atoms with Crippen molar-refractivity contribution >= 4 is 0 Å². The molecule has 0 aliphatic heterocycles. The van der Waals surface area contributed by atoms with Gasteiger partial charge in [0.2, 0.25) is 0 Å². The molecule has 0 bridgehead atoms. The molecule has 0 amide bonds. The van der Waals surface area contributed by atoms with Gasteiger partial charge < -0.3 is 5.32 Å². The van der Waals surface area contributed by atoms with Crippen LogP contribution in [0.15, 0.2) is 0 Å². The van der Waals surface area contributed by atoms with Gasteiger partial charge in [-0.15, -0.1) is 0 Å². The lowest BCUT2D eigenvalue weighted by Crippen LogP contribution is -2.26. The van der Waals surface area contributed by atoms with Gasteiger partial charge in [0.25, 0.3) is 0 Å². The van der Waals surface area contributed by atoms with Gasteiger partial charge in [-0.2, -0.15) is 5.10 Å². The van der Waals surface area contributed by atoms with E-state index >= 15 is 0 Å². The van der Waals surface area contributed by atoms with Crippen LogP contribution in [0, 0.1) is 13.8 Å². The molecule has 0 spiro atoms. The molecular weight excluding hydrogens is 222 g/mol. The number of aromatic nitrogens is 2. The Morgan fingerprint density at radius 1 is 1.28 bits per heavy atom. The van der Waals surface area contributed by atoms with E-state index in [1.54, 1.807) is 0 Å². The highest BCUT2D eigenvalue weighted by Crippen LogP contribution is 2.14. The van der Waals surface area contributed by atoms with Crippen LogP contribution in [0.4, 0.5) is 0 Å². The monoisotopic (exact) mass is 251 g/mol. The van der Waals surface area contributed by atoms with Gasteiger partial charge in [0.05, 0.1) is 5.69 Å². The van der Waals surface area contributed by atoms with E-state index in [1.165, 1.54) is 36.2 Å². The topological polar surface area (TPSA) is 29.9 Å². The summed E-state index contributed by atoms with van der Waals surface area (Å²) in [5, 5.41) is 8.17. The minimum Gasteiger partial charge on any atom is -0.314 e. The predicted molar refractivity (Wildman–Crippen MR) is 78.1 cm³/mol. The van der Waals surface area contributed by atoms with Gasteiger partial charge in [-0.05, 0) is 58.6 Å². The van der Waals surface area contributed by atoms with Crippen molar-refractivity contribution in [1.82, 2.24) is 15.1 Å². The third kappa shape index (κ3) is 4.13. The first-order chi connectivity index (χ1) is 8.60. The van der Waals surface area contributed by atoms with Gasteiger partial charge in [-0.1, -0.05) is 13.8 Å². The lowest BCUT2D eigenvalue weighted by molar-refractivity contribution is 0.459. The van der Waals surface area contributed by atoms with Crippen molar-refractivity contribution in [2.24, 2.45) is 0 Å². The molecule has 0 aliphatic carbocycles. The molecule has 1 N–H and O–H groups in total. The van der Waals surface area contributed by atoms with Gasteiger partial charge in [-0.3, -0.25) is 4.68 Å². The van der Waals surface area contributed by atoms with Gasteiger partial charge in [0, 0.05) is 18.3 Å². The Morgan fingerprint density at radius 2 is 2.00 bits per heavy atom. The molecular formula is C15H29N3. The normalized spacial score (nSPS) is 12.9. The molecule has 104 valence electrons. The zero-order valence-corrected chi connectivity index (χ0v) is 12.7. The standard InChI is InChI=1S/C15H29N3/c1-6-10-16-12(3)9-8-11-18-14(5)15(7-2)13(4)17-18/h12,16H,6-11H2,1-5H3. The summed E-state index contributed by atoms with van der Waals surface area (Å²) < 4.78 is 2.18. The van der Waals surface area contributed by atoms with Gasteiger partial charge in [-0.25, -0.2) is 0 Å². The number of nitrogens with zero attached hydrogens (tertiary/aromatic N) is 2. The fourth-order valence-corrected chi connectivity index (χ4v) is 2.50. The third-order valence-electron chi connectivity index (χ3n) is 3.63. The molecule has 1 atom stereocenters. The lowest BCUT2D eigenvalue weighted by Gasteiger charge is -2.13. The second-order valence-corrected chi connectivity index (χ2v) is 5.22. The second kappa shape index (κ2) is 7.57. The first-order valence-electron chi connectivity index (χ1n) is 7.36. The summed E-state index contributed by atoms with van der Waals surface area (Å²) in [5.41, 5.74) is 3.98. The average Bonchev–Trinajstić information content (AvgIpc) is 2.61. The molecule has 1 unspecified atom stereocenters. The number of rotatable bonds is 8. The van der Waals surface area contributed by atoms with E-state index in [0.717, 1.165) is 19.5 Å². The van der Waals surface area contributed by atoms with Crippen LogP contribution in [0.25, 0.3) is 0 Å². The van der Waals surface area contributed by atoms with Gasteiger partial charge >= 0.3 is 0 Å². The number of aryl methyl sites for hydroxylation is 2. The predicted octanol–water partition coefficient (Wildman–Crippen LogP) is 3.23. The smallest absolute Gasteiger partial charge is 0.0628 e. The van der Waals surface area contributed by atoms with Gasteiger partial charge in [0.15, 0.2) is 0 Å². The van der Waals surface area contributed by atoms with Crippen molar-refractivity contribution in [1.29, 1.82) is 0 Å². The lowest BCUT2D eigenvalue weighted by atomic mass is 10.1. The first-order valence-corrected chi connectivity index (χ1v) is 7.36. The molecule has 0 aromatic carbocycles. The van der Waals surface area contributed by atoms with Crippen molar-refractivity contribution < 1.29 is 0 Å². The van der Waals surface area contributed by atoms with E-state index in [0.29, 0.717) is 6.04 Å². The molecule has 1 heterocycles. The molecule has 0 saturated carbocycles. The Hall–Kier alpha value is -0.830. The van der Waals surface area contributed by atoms with Crippen LogP contribution >= 0.6 is 0 Å². The summed E-state index contributed by atoms with van der Waals surface area (Å²) in [6.45, 7) is 13.2. The van der Waals surface area contributed by atoms with Crippen molar-refractivity contribution in [3.05, 3.63) is 17.0 Å². The summed E-state index contributed by atoms with van der Waals surface area (Å²) in [5.74, 6) is 0. The minimum absolute atomic E-state index is 0.618. The van der Waals surface area contributed by atoms with E-state index in [4.69, 9.17) is 0 Å². The van der Waals surface area contributed by atoms with E-state index in [9.17, 15) is 0 Å². The quantitative estimate of drug-likeness (QED) is 0.769. The summed E-state index contributed by atoms with van der Waals surface area (Å²) in [6, 6.07) is 0.618. The van der Waals surface area contributed by atoms with Crippen molar-refractivity contribution in [2.75, 3.05) is 6.54 Å². The Morgan fingerprint density at radius 3 is 2.56 bits per heavy atom. The van der Waals surface area contributed by atoms with Crippen LogP contribution in [-0.4, -0.2) is 22.4 Å². The zero-order chi connectivity index (χ0) is 13.5. The summed E-state index contributed by atoms with van der Waals surface area (Å²) in [4.78, 5) is 0. The van der Waals surface area contributed by atoms with Crippen molar-refractivity contribution in [2.45, 2.75) is 72.9 Å². The summed E-state index contributed by atoms with van der Waals surface area (Å²) in [6.07, 6.45) is 4.72. The third-order valence-corrected chi connectivity index (χ3v) is 3.63. The number of hydrogen-bond acceptors (Lipinski definition) is 2. The molecule has 0 radical (unpaired) electrons. The SMILES string of the molecule is CCCNC(C)CCCn1nc(C)c(CC)c1C. The highest BCUT2D eigenvalue weighted by Gasteiger charge is 2.09. The van der Waals surface area contributed by atoms with E-state index in [2.05, 4.69) is 49.7 Å². The molecule has 3 heteroatoms.